The molecule has 0 saturated heterocycles. The predicted octanol–water partition coefficient (Wildman–Crippen LogP) is 1.71. The van der Waals surface area contributed by atoms with Gasteiger partial charge in [-0.15, -0.1) is 0 Å². The van der Waals surface area contributed by atoms with Crippen molar-refractivity contribution in [2.45, 2.75) is 32.8 Å². The fraction of sp³-hybridized carbons (Fsp3) is 0.778. The molecule has 66 valence electrons. The Kier molecular flexibility index (Phi) is 4.38. The second-order valence-electron chi connectivity index (χ2n) is 3.18. The van der Waals surface area contributed by atoms with Crippen LogP contribution in [0.4, 0.5) is 0 Å². The van der Waals surface area contributed by atoms with Crippen molar-refractivity contribution in [2.75, 3.05) is 13.7 Å². The molecule has 0 saturated carbocycles. The maximum absolute atomic E-state index is 5.38. The van der Waals surface area contributed by atoms with Crippen molar-refractivity contribution in [3.05, 3.63) is 11.6 Å². The van der Waals surface area contributed by atoms with Crippen molar-refractivity contribution < 1.29 is 4.74 Å². The molecule has 0 aliphatic carbocycles. The van der Waals surface area contributed by atoms with E-state index in [9.17, 15) is 0 Å². The molecule has 0 heterocycles. The minimum absolute atomic E-state index is 0.144. The van der Waals surface area contributed by atoms with Crippen LogP contribution in [-0.4, -0.2) is 19.3 Å². The van der Waals surface area contributed by atoms with Crippen LogP contribution in [0.2, 0.25) is 0 Å². The minimum atomic E-state index is -0.144. The largest absolute Gasteiger partial charge is 0.374 e. The summed E-state index contributed by atoms with van der Waals surface area (Å²) in [5.41, 5.74) is 6.47. The van der Waals surface area contributed by atoms with Crippen LogP contribution in [-0.2, 0) is 4.74 Å². The zero-order valence-corrected chi connectivity index (χ0v) is 7.98. The monoisotopic (exact) mass is 157 g/mol. The first-order valence-corrected chi connectivity index (χ1v) is 3.97. The van der Waals surface area contributed by atoms with Crippen LogP contribution in [0.25, 0.3) is 0 Å². The molecular weight excluding hydrogens is 138 g/mol. The quantitative estimate of drug-likeness (QED) is 0.630. The van der Waals surface area contributed by atoms with E-state index in [0.29, 0.717) is 6.54 Å². The Hall–Kier alpha value is -0.340. The van der Waals surface area contributed by atoms with Crippen LogP contribution in [0, 0.1) is 0 Å². The fourth-order valence-electron chi connectivity index (χ4n) is 0.707. The second-order valence-corrected chi connectivity index (χ2v) is 3.18. The summed E-state index contributed by atoms with van der Waals surface area (Å²) in [6.07, 6.45) is 3.06. The average molecular weight is 157 g/mol. The first kappa shape index (κ1) is 10.7. The van der Waals surface area contributed by atoms with E-state index in [4.69, 9.17) is 10.5 Å². The third-order valence-corrected chi connectivity index (χ3v) is 2.08. The van der Waals surface area contributed by atoms with Gasteiger partial charge in [-0.3, -0.25) is 0 Å². The van der Waals surface area contributed by atoms with E-state index >= 15 is 0 Å². The average Bonchev–Trinajstić information content (AvgIpc) is 2.00. The van der Waals surface area contributed by atoms with Crippen molar-refractivity contribution in [3.63, 3.8) is 0 Å². The second kappa shape index (κ2) is 4.52. The Morgan fingerprint density at radius 3 is 2.45 bits per heavy atom. The molecule has 0 aromatic rings. The molecule has 0 atom stereocenters. The molecule has 0 bridgehead atoms. The van der Waals surface area contributed by atoms with Crippen molar-refractivity contribution in [2.24, 2.45) is 5.73 Å². The fourth-order valence-corrected chi connectivity index (χ4v) is 0.707. The van der Waals surface area contributed by atoms with Gasteiger partial charge in [0.25, 0.3) is 0 Å². The molecule has 0 rings (SSSR count). The van der Waals surface area contributed by atoms with Crippen LogP contribution < -0.4 is 5.73 Å². The van der Waals surface area contributed by atoms with Crippen molar-refractivity contribution in [1.29, 1.82) is 0 Å². The third-order valence-electron chi connectivity index (χ3n) is 2.08. The van der Waals surface area contributed by atoms with Gasteiger partial charge in [-0.1, -0.05) is 6.08 Å². The molecule has 0 radical (unpaired) electrons. The number of rotatable bonds is 4. The maximum atomic E-state index is 5.38. The van der Waals surface area contributed by atoms with E-state index in [1.54, 1.807) is 7.11 Å². The van der Waals surface area contributed by atoms with E-state index in [0.717, 1.165) is 6.42 Å². The van der Waals surface area contributed by atoms with Gasteiger partial charge in [-0.05, 0) is 39.3 Å². The summed E-state index contributed by atoms with van der Waals surface area (Å²) in [6, 6.07) is 0. The molecular formula is C9H19NO. The Balaban J connectivity index is 4.09. The first-order chi connectivity index (χ1) is 5.04. The summed E-state index contributed by atoms with van der Waals surface area (Å²) >= 11 is 0. The van der Waals surface area contributed by atoms with Crippen LogP contribution in [0.15, 0.2) is 11.6 Å². The molecule has 0 aliphatic heterocycles. The SMILES string of the molecule is COC(C)(C)/C(C)=C/CCN. The van der Waals surface area contributed by atoms with Crippen LogP contribution in [0.1, 0.15) is 27.2 Å². The Morgan fingerprint density at radius 2 is 2.09 bits per heavy atom. The molecule has 0 spiro atoms. The highest BCUT2D eigenvalue weighted by atomic mass is 16.5. The third kappa shape index (κ3) is 3.54. The number of hydrogen-bond donors (Lipinski definition) is 1. The molecule has 0 aromatic carbocycles. The standard InChI is InChI=1S/C9H19NO/c1-8(6-5-7-10)9(2,3)11-4/h6H,5,7,10H2,1-4H3/b8-6+. The van der Waals surface area contributed by atoms with Crippen molar-refractivity contribution in [1.82, 2.24) is 0 Å². The van der Waals surface area contributed by atoms with E-state index in [1.165, 1.54) is 5.57 Å². The molecule has 11 heavy (non-hydrogen) atoms. The van der Waals surface area contributed by atoms with Crippen LogP contribution in [0.5, 0.6) is 0 Å². The molecule has 0 aromatic heterocycles. The predicted molar refractivity (Wildman–Crippen MR) is 48.5 cm³/mol. The lowest BCUT2D eigenvalue weighted by Crippen LogP contribution is -2.23. The van der Waals surface area contributed by atoms with Gasteiger partial charge < -0.3 is 10.5 Å². The summed E-state index contributed by atoms with van der Waals surface area (Å²) in [5.74, 6) is 0. The van der Waals surface area contributed by atoms with Crippen LogP contribution >= 0.6 is 0 Å². The van der Waals surface area contributed by atoms with Crippen LogP contribution in [0.3, 0.4) is 0 Å². The zero-order chi connectivity index (χ0) is 8.91. The van der Waals surface area contributed by atoms with Gasteiger partial charge in [0.2, 0.25) is 0 Å². The van der Waals surface area contributed by atoms with Gasteiger partial charge in [0, 0.05) is 7.11 Å². The van der Waals surface area contributed by atoms with Gasteiger partial charge in [0.1, 0.15) is 0 Å². The minimum Gasteiger partial charge on any atom is -0.374 e. The van der Waals surface area contributed by atoms with E-state index in [1.807, 2.05) is 0 Å². The smallest absolute Gasteiger partial charge is 0.0829 e. The van der Waals surface area contributed by atoms with Gasteiger partial charge >= 0.3 is 0 Å². The lowest BCUT2D eigenvalue weighted by atomic mass is 9.98. The summed E-state index contributed by atoms with van der Waals surface area (Å²) in [5, 5.41) is 0. The lowest BCUT2D eigenvalue weighted by Gasteiger charge is -2.24. The maximum Gasteiger partial charge on any atom is 0.0829 e. The summed E-state index contributed by atoms with van der Waals surface area (Å²) in [6.45, 7) is 6.88. The van der Waals surface area contributed by atoms with E-state index < -0.39 is 0 Å². The van der Waals surface area contributed by atoms with Crippen molar-refractivity contribution in [3.8, 4) is 0 Å². The number of hydrogen-bond acceptors (Lipinski definition) is 2. The number of methoxy groups -OCH3 is 1. The molecule has 0 unspecified atom stereocenters. The molecule has 2 N–H and O–H groups in total. The molecule has 2 heteroatoms. The summed E-state index contributed by atoms with van der Waals surface area (Å²) in [7, 11) is 1.72. The Morgan fingerprint density at radius 1 is 1.55 bits per heavy atom. The lowest BCUT2D eigenvalue weighted by molar-refractivity contribution is 0.0548. The first-order valence-electron chi connectivity index (χ1n) is 3.97. The van der Waals surface area contributed by atoms with Gasteiger partial charge in [0.05, 0.1) is 5.60 Å². The number of ether oxygens (including phenoxy) is 1. The summed E-state index contributed by atoms with van der Waals surface area (Å²) in [4.78, 5) is 0. The van der Waals surface area contributed by atoms with Gasteiger partial charge in [-0.25, -0.2) is 0 Å². The van der Waals surface area contributed by atoms with E-state index in [-0.39, 0.29) is 5.60 Å². The Labute approximate surface area is 69.4 Å². The number of nitrogens with two attached hydrogens (primary N) is 1. The molecule has 0 aliphatic rings. The highest BCUT2D eigenvalue weighted by Gasteiger charge is 2.17. The topological polar surface area (TPSA) is 35.2 Å². The normalized spacial score (nSPS) is 13.7. The van der Waals surface area contributed by atoms with Crippen molar-refractivity contribution >= 4 is 0 Å². The molecule has 0 amide bonds. The van der Waals surface area contributed by atoms with E-state index in [2.05, 4.69) is 26.8 Å². The highest BCUT2D eigenvalue weighted by Crippen LogP contribution is 2.18. The van der Waals surface area contributed by atoms with Gasteiger partial charge in [-0.2, -0.15) is 0 Å². The highest BCUT2D eigenvalue weighted by molar-refractivity contribution is 5.11. The Bertz CT molecular complexity index is 138. The molecule has 2 nitrogen and oxygen atoms in total. The summed E-state index contributed by atoms with van der Waals surface area (Å²) < 4.78 is 5.29. The van der Waals surface area contributed by atoms with Gasteiger partial charge in [0.15, 0.2) is 0 Å². The zero-order valence-electron chi connectivity index (χ0n) is 7.98. The molecule has 0 fully saturated rings.